The lowest BCUT2D eigenvalue weighted by Gasteiger charge is -2.22. The van der Waals surface area contributed by atoms with Crippen molar-refractivity contribution in [3.8, 4) is 0 Å². The standard InChI is InChI=1S/C12H28N2O2/c1-12(2,3)7-5-11(14-13)6-8-16-10-9-15-4/h11,14H,5-10,13H2,1-4H3. The highest BCUT2D eigenvalue weighted by Gasteiger charge is 2.14. The summed E-state index contributed by atoms with van der Waals surface area (Å²) in [5.74, 6) is 5.51. The Bertz CT molecular complexity index is 158. The van der Waals surface area contributed by atoms with E-state index in [1.54, 1.807) is 7.11 Å². The molecule has 0 bridgehead atoms. The predicted molar refractivity (Wildman–Crippen MR) is 67.1 cm³/mol. The molecule has 0 aromatic carbocycles. The summed E-state index contributed by atoms with van der Waals surface area (Å²) in [6, 6.07) is 0.349. The minimum Gasteiger partial charge on any atom is -0.382 e. The summed E-state index contributed by atoms with van der Waals surface area (Å²) in [6.45, 7) is 8.79. The quantitative estimate of drug-likeness (QED) is 0.361. The molecule has 3 N–H and O–H groups in total. The van der Waals surface area contributed by atoms with Gasteiger partial charge in [-0.3, -0.25) is 11.3 Å². The van der Waals surface area contributed by atoms with E-state index >= 15 is 0 Å². The number of rotatable bonds is 9. The molecule has 0 fully saturated rings. The summed E-state index contributed by atoms with van der Waals surface area (Å²) >= 11 is 0. The Labute approximate surface area is 99.8 Å². The number of hydrogen-bond donors (Lipinski definition) is 2. The van der Waals surface area contributed by atoms with Crippen LogP contribution in [0.2, 0.25) is 0 Å². The first-order chi connectivity index (χ1) is 7.49. The van der Waals surface area contributed by atoms with Crippen LogP contribution in [0.3, 0.4) is 0 Å². The lowest BCUT2D eigenvalue weighted by molar-refractivity contribution is 0.0649. The Morgan fingerprint density at radius 1 is 1.12 bits per heavy atom. The first-order valence-electron chi connectivity index (χ1n) is 6.02. The molecule has 0 aliphatic heterocycles. The fraction of sp³-hybridized carbons (Fsp3) is 1.00. The van der Waals surface area contributed by atoms with Gasteiger partial charge in [0.1, 0.15) is 0 Å². The summed E-state index contributed by atoms with van der Waals surface area (Å²) in [5.41, 5.74) is 3.22. The van der Waals surface area contributed by atoms with Gasteiger partial charge in [0, 0.05) is 19.8 Å². The normalized spacial score (nSPS) is 14.1. The van der Waals surface area contributed by atoms with Crippen molar-refractivity contribution in [3.63, 3.8) is 0 Å². The molecule has 1 unspecified atom stereocenters. The summed E-state index contributed by atoms with van der Waals surface area (Å²) in [4.78, 5) is 0. The number of hydrazine groups is 1. The maximum Gasteiger partial charge on any atom is 0.0700 e. The van der Waals surface area contributed by atoms with Crippen molar-refractivity contribution in [2.75, 3.05) is 26.9 Å². The van der Waals surface area contributed by atoms with Crippen molar-refractivity contribution < 1.29 is 9.47 Å². The topological polar surface area (TPSA) is 56.5 Å². The van der Waals surface area contributed by atoms with Crippen molar-refractivity contribution in [1.29, 1.82) is 0 Å². The predicted octanol–water partition coefficient (Wildman–Crippen LogP) is 1.70. The first-order valence-corrected chi connectivity index (χ1v) is 6.02. The molecule has 0 aliphatic rings. The van der Waals surface area contributed by atoms with Crippen molar-refractivity contribution in [2.45, 2.75) is 46.1 Å². The fourth-order valence-electron chi connectivity index (χ4n) is 1.39. The molecule has 4 nitrogen and oxygen atoms in total. The minimum absolute atomic E-state index is 0.349. The van der Waals surface area contributed by atoms with E-state index in [-0.39, 0.29) is 0 Å². The molecule has 0 radical (unpaired) electrons. The second-order valence-corrected chi connectivity index (χ2v) is 5.36. The third-order valence-corrected chi connectivity index (χ3v) is 2.52. The third kappa shape index (κ3) is 10.4. The molecule has 98 valence electrons. The number of ether oxygens (including phenoxy) is 2. The lowest BCUT2D eigenvalue weighted by atomic mass is 9.88. The van der Waals surface area contributed by atoms with Gasteiger partial charge in [0.15, 0.2) is 0 Å². The van der Waals surface area contributed by atoms with E-state index in [9.17, 15) is 0 Å². The molecule has 1 atom stereocenters. The van der Waals surface area contributed by atoms with E-state index < -0.39 is 0 Å². The Kier molecular flexibility index (Phi) is 8.84. The van der Waals surface area contributed by atoms with Crippen LogP contribution in [0.15, 0.2) is 0 Å². The smallest absolute Gasteiger partial charge is 0.0700 e. The zero-order valence-electron chi connectivity index (χ0n) is 11.2. The van der Waals surface area contributed by atoms with Gasteiger partial charge in [-0.05, 0) is 24.7 Å². The molecule has 0 rings (SSSR count). The molecule has 0 saturated heterocycles. The fourth-order valence-corrected chi connectivity index (χ4v) is 1.39. The van der Waals surface area contributed by atoms with Crippen LogP contribution < -0.4 is 11.3 Å². The van der Waals surface area contributed by atoms with Crippen LogP contribution in [0.1, 0.15) is 40.0 Å². The zero-order chi connectivity index (χ0) is 12.4. The van der Waals surface area contributed by atoms with Crippen molar-refractivity contribution in [1.82, 2.24) is 5.43 Å². The molecular formula is C12H28N2O2. The first kappa shape index (κ1) is 15.8. The van der Waals surface area contributed by atoms with E-state index in [0.717, 1.165) is 19.4 Å². The Morgan fingerprint density at radius 3 is 2.31 bits per heavy atom. The summed E-state index contributed by atoms with van der Waals surface area (Å²) in [7, 11) is 1.68. The SMILES string of the molecule is COCCOCCC(CCC(C)(C)C)NN. The van der Waals surface area contributed by atoms with Gasteiger partial charge in [-0.1, -0.05) is 20.8 Å². The largest absolute Gasteiger partial charge is 0.382 e. The maximum absolute atomic E-state index is 5.51. The van der Waals surface area contributed by atoms with Crippen LogP contribution in [0.5, 0.6) is 0 Å². The average Bonchev–Trinajstić information content (AvgIpc) is 2.21. The minimum atomic E-state index is 0.349. The molecule has 0 aliphatic carbocycles. The highest BCUT2D eigenvalue weighted by atomic mass is 16.5. The monoisotopic (exact) mass is 232 g/mol. The third-order valence-electron chi connectivity index (χ3n) is 2.52. The summed E-state index contributed by atoms with van der Waals surface area (Å²) in [6.07, 6.45) is 3.21. The molecule has 0 aromatic rings. The molecular weight excluding hydrogens is 204 g/mol. The van der Waals surface area contributed by atoms with Gasteiger partial charge in [0.25, 0.3) is 0 Å². The van der Waals surface area contributed by atoms with E-state index in [4.69, 9.17) is 15.3 Å². The lowest BCUT2D eigenvalue weighted by Crippen LogP contribution is -2.36. The van der Waals surface area contributed by atoms with Gasteiger partial charge in [-0.15, -0.1) is 0 Å². The molecule has 0 heterocycles. The van der Waals surface area contributed by atoms with Crippen molar-refractivity contribution in [3.05, 3.63) is 0 Å². The van der Waals surface area contributed by atoms with E-state index in [2.05, 4.69) is 26.2 Å². The van der Waals surface area contributed by atoms with Crippen LogP contribution in [-0.2, 0) is 9.47 Å². The van der Waals surface area contributed by atoms with Crippen LogP contribution in [0.4, 0.5) is 0 Å². The number of hydrogen-bond acceptors (Lipinski definition) is 4. The van der Waals surface area contributed by atoms with E-state index in [1.807, 2.05) is 0 Å². The van der Waals surface area contributed by atoms with Gasteiger partial charge >= 0.3 is 0 Å². The van der Waals surface area contributed by atoms with Gasteiger partial charge in [-0.25, -0.2) is 0 Å². The average molecular weight is 232 g/mol. The van der Waals surface area contributed by atoms with Crippen LogP contribution in [0, 0.1) is 5.41 Å². The van der Waals surface area contributed by atoms with Crippen LogP contribution in [-0.4, -0.2) is 33.0 Å². The highest BCUT2D eigenvalue weighted by Crippen LogP contribution is 2.22. The van der Waals surface area contributed by atoms with Crippen LogP contribution in [0.25, 0.3) is 0 Å². The summed E-state index contributed by atoms with van der Waals surface area (Å²) < 4.78 is 10.3. The summed E-state index contributed by atoms with van der Waals surface area (Å²) in [5, 5.41) is 0. The number of nitrogens with one attached hydrogen (secondary N) is 1. The van der Waals surface area contributed by atoms with Gasteiger partial charge in [0.2, 0.25) is 0 Å². The molecule has 0 spiro atoms. The van der Waals surface area contributed by atoms with Crippen molar-refractivity contribution in [2.24, 2.45) is 11.3 Å². The molecule has 4 heteroatoms. The van der Waals surface area contributed by atoms with E-state index in [0.29, 0.717) is 24.7 Å². The van der Waals surface area contributed by atoms with Gasteiger partial charge in [-0.2, -0.15) is 0 Å². The van der Waals surface area contributed by atoms with Crippen LogP contribution >= 0.6 is 0 Å². The van der Waals surface area contributed by atoms with E-state index in [1.165, 1.54) is 6.42 Å². The van der Waals surface area contributed by atoms with Gasteiger partial charge in [0.05, 0.1) is 13.2 Å². The molecule has 0 saturated carbocycles. The molecule has 0 amide bonds. The van der Waals surface area contributed by atoms with Crippen molar-refractivity contribution >= 4 is 0 Å². The Hall–Kier alpha value is -0.160. The highest BCUT2D eigenvalue weighted by molar-refractivity contribution is 4.69. The Balaban J connectivity index is 3.52. The number of methoxy groups -OCH3 is 1. The van der Waals surface area contributed by atoms with Gasteiger partial charge < -0.3 is 9.47 Å². The number of nitrogens with two attached hydrogens (primary N) is 1. The zero-order valence-corrected chi connectivity index (χ0v) is 11.2. The maximum atomic E-state index is 5.51. The molecule has 0 aromatic heterocycles. The second kappa shape index (κ2) is 8.93. The Morgan fingerprint density at radius 2 is 1.81 bits per heavy atom. The second-order valence-electron chi connectivity index (χ2n) is 5.36. The molecule has 16 heavy (non-hydrogen) atoms.